The number of carbonyl (C=O) groups is 1. The summed E-state index contributed by atoms with van der Waals surface area (Å²) in [5.74, 6) is 0. The molecule has 0 spiro atoms. The van der Waals surface area contributed by atoms with Crippen molar-refractivity contribution in [2.75, 3.05) is 38.0 Å². The molecule has 4 heteroatoms. The Kier molecular flexibility index (Phi) is 5.41. The molecule has 1 aromatic carbocycles. The Morgan fingerprint density at radius 1 is 1.10 bits per heavy atom. The third-order valence-electron chi connectivity index (χ3n) is 3.81. The number of piperazine rings is 1. The Morgan fingerprint density at radius 2 is 1.75 bits per heavy atom. The second kappa shape index (κ2) is 7.29. The first-order valence-electron chi connectivity index (χ1n) is 7.60. The van der Waals surface area contributed by atoms with E-state index in [1.165, 1.54) is 12.0 Å². The van der Waals surface area contributed by atoms with Crippen molar-refractivity contribution in [2.24, 2.45) is 0 Å². The van der Waals surface area contributed by atoms with Gasteiger partial charge in [-0.05, 0) is 37.1 Å². The van der Waals surface area contributed by atoms with Crippen LogP contribution in [0.25, 0.3) is 0 Å². The molecule has 0 aromatic heterocycles. The predicted molar refractivity (Wildman–Crippen MR) is 83.1 cm³/mol. The summed E-state index contributed by atoms with van der Waals surface area (Å²) < 4.78 is 0. The summed E-state index contributed by atoms with van der Waals surface area (Å²) in [5.41, 5.74) is 2.17. The lowest BCUT2D eigenvalue weighted by Crippen LogP contribution is -2.50. The maximum atomic E-state index is 12.2. The van der Waals surface area contributed by atoms with Crippen LogP contribution in [0.15, 0.2) is 24.3 Å². The number of aryl methyl sites for hydroxylation is 1. The first kappa shape index (κ1) is 14.9. The number of hydrogen-bond donors (Lipinski definition) is 1. The number of anilines is 1. The van der Waals surface area contributed by atoms with Gasteiger partial charge in [0.1, 0.15) is 0 Å². The molecule has 1 fully saturated rings. The molecule has 1 N–H and O–H groups in total. The Morgan fingerprint density at radius 3 is 2.30 bits per heavy atom. The van der Waals surface area contributed by atoms with Crippen LogP contribution in [0, 0.1) is 0 Å². The molecule has 1 aliphatic heterocycles. The first-order chi connectivity index (χ1) is 9.72. The van der Waals surface area contributed by atoms with E-state index < -0.39 is 0 Å². The zero-order valence-corrected chi connectivity index (χ0v) is 12.6. The summed E-state index contributed by atoms with van der Waals surface area (Å²) in [6.07, 6.45) is 2.20. The van der Waals surface area contributed by atoms with Crippen LogP contribution < -0.4 is 5.32 Å². The van der Waals surface area contributed by atoms with Gasteiger partial charge in [-0.3, -0.25) is 4.90 Å². The molecule has 0 saturated carbocycles. The smallest absolute Gasteiger partial charge is 0.321 e. The van der Waals surface area contributed by atoms with E-state index in [0.717, 1.165) is 44.8 Å². The van der Waals surface area contributed by atoms with Crippen LogP contribution >= 0.6 is 0 Å². The highest BCUT2D eigenvalue weighted by Crippen LogP contribution is 2.12. The number of rotatable bonds is 4. The van der Waals surface area contributed by atoms with Gasteiger partial charge in [0, 0.05) is 31.9 Å². The van der Waals surface area contributed by atoms with Crippen LogP contribution in [0.1, 0.15) is 25.8 Å². The minimum Gasteiger partial charge on any atom is -0.322 e. The average Bonchev–Trinajstić information content (AvgIpc) is 2.49. The van der Waals surface area contributed by atoms with Crippen LogP contribution in [0.3, 0.4) is 0 Å². The van der Waals surface area contributed by atoms with Crippen molar-refractivity contribution < 1.29 is 4.79 Å². The molecule has 1 aromatic rings. The molecule has 0 radical (unpaired) electrons. The molecule has 0 atom stereocenters. The summed E-state index contributed by atoms with van der Waals surface area (Å²) in [7, 11) is 0. The molecule has 4 nitrogen and oxygen atoms in total. The van der Waals surface area contributed by atoms with E-state index >= 15 is 0 Å². The van der Waals surface area contributed by atoms with E-state index in [0.29, 0.717) is 0 Å². The first-order valence-corrected chi connectivity index (χ1v) is 7.60. The monoisotopic (exact) mass is 275 g/mol. The molecule has 0 bridgehead atoms. The van der Waals surface area contributed by atoms with Gasteiger partial charge < -0.3 is 10.2 Å². The lowest BCUT2D eigenvalue weighted by atomic mass is 10.1. The van der Waals surface area contributed by atoms with Gasteiger partial charge in [-0.25, -0.2) is 4.79 Å². The van der Waals surface area contributed by atoms with Gasteiger partial charge in [-0.1, -0.05) is 26.0 Å². The van der Waals surface area contributed by atoms with Crippen molar-refractivity contribution in [1.82, 2.24) is 9.80 Å². The number of amides is 2. The van der Waals surface area contributed by atoms with E-state index in [-0.39, 0.29) is 6.03 Å². The van der Waals surface area contributed by atoms with E-state index in [2.05, 4.69) is 36.2 Å². The van der Waals surface area contributed by atoms with Crippen molar-refractivity contribution in [3.63, 3.8) is 0 Å². The standard InChI is InChI=1S/C16H25N3O/c1-3-9-18-10-12-19(13-11-18)16(20)17-15-7-5-14(4-2)6-8-15/h5-8H,3-4,9-13H2,1-2H3,(H,17,20). The van der Waals surface area contributed by atoms with Crippen LogP contribution in [0.2, 0.25) is 0 Å². The second-order valence-corrected chi connectivity index (χ2v) is 5.31. The van der Waals surface area contributed by atoms with Crippen molar-refractivity contribution in [1.29, 1.82) is 0 Å². The molecule has 2 rings (SSSR count). The average molecular weight is 275 g/mol. The molecule has 110 valence electrons. The lowest BCUT2D eigenvalue weighted by molar-refractivity contribution is 0.147. The SMILES string of the molecule is CCCN1CCN(C(=O)Nc2ccc(CC)cc2)CC1. The number of urea groups is 1. The van der Waals surface area contributed by atoms with Gasteiger partial charge in [0.25, 0.3) is 0 Å². The van der Waals surface area contributed by atoms with E-state index in [1.807, 2.05) is 17.0 Å². The topological polar surface area (TPSA) is 35.6 Å². The molecular weight excluding hydrogens is 250 g/mol. The third-order valence-corrected chi connectivity index (χ3v) is 3.81. The molecule has 0 aliphatic carbocycles. The number of nitrogens with one attached hydrogen (secondary N) is 1. The van der Waals surface area contributed by atoms with Crippen molar-refractivity contribution in [3.05, 3.63) is 29.8 Å². The third kappa shape index (κ3) is 3.97. The van der Waals surface area contributed by atoms with Gasteiger partial charge in [-0.15, -0.1) is 0 Å². The highest BCUT2D eigenvalue weighted by Gasteiger charge is 2.20. The zero-order valence-electron chi connectivity index (χ0n) is 12.6. The maximum absolute atomic E-state index is 12.2. The van der Waals surface area contributed by atoms with Crippen LogP contribution in [-0.2, 0) is 6.42 Å². The minimum atomic E-state index is 0.0189. The van der Waals surface area contributed by atoms with E-state index in [9.17, 15) is 4.79 Å². The van der Waals surface area contributed by atoms with Crippen molar-refractivity contribution in [3.8, 4) is 0 Å². The largest absolute Gasteiger partial charge is 0.322 e. The molecule has 20 heavy (non-hydrogen) atoms. The van der Waals surface area contributed by atoms with Crippen LogP contribution in [0.4, 0.5) is 10.5 Å². The number of hydrogen-bond acceptors (Lipinski definition) is 2. The molecule has 2 amide bonds. The summed E-state index contributed by atoms with van der Waals surface area (Å²) in [4.78, 5) is 16.5. The van der Waals surface area contributed by atoms with Gasteiger partial charge in [0.15, 0.2) is 0 Å². The fourth-order valence-corrected chi connectivity index (χ4v) is 2.52. The number of nitrogens with zero attached hydrogens (tertiary/aromatic N) is 2. The summed E-state index contributed by atoms with van der Waals surface area (Å²) >= 11 is 0. The molecule has 1 heterocycles. The highest BCUT2D eigenvalue weighted by molar-refractivity contribution is 5.89. The van der Waals surface area contributed by atoms with E-state index in [4.69, 9.17) is 0 Å². The zero-order chi connectivity index (χ0) is 14.4. The maximum Gasteiger partial charge on any atom is 0.321 e. The fourth-order valence-electron chi connectivity index (χ4n) is 2.52. The Balaban J connectivity index is 1.83. The van der Waals surface area contributed by atoms with Crippen LogP contribution in [0.5, 0.6) is 0 Å². The Hall–Kier alpha value is -1.55. The Labute approximate surface area is 121 Å². The summed E-state index contributed by atoms with van der Waals surface area (Å²) in [5, 5.41) is 2.98. The number of benzene rings is 1. The molecule has 1 aliphatic rings. The predicted octanol–water partition coefficient (Wildman–Crippen LogP) is 2.81. The van der Waals surface area contributed by atoms with Crippen molar-refractivity contribution in [2.45, 2.75) is 26.7 Å². The minimum absolute atomic E-state index is 0.0189. The number of carbonyl (C=O) groups excluding carboxylic acids is 1. The summed E-state index contributed by atoms with van der Waals surface area (Å²) in [6.45, 7) is 9.06. The summed E-state index contributed by atoms with van der Waals surface area (Å²) in [6, 6.07) is 8.10. The molecule has 0 unspecified atom stereocenters. The van der Waals surface area contributed by atoms with Gasteiger partial charge >= 0.3 is 6.03 Å². The highest BCUT2D eigenvalue weighted by atomic mass is 16.2. The fraction of sp³-hybridized carbons (Fsp3) is 0.562. The van der Waals surface area contributed by atoms with Crippen molar-refractivity contribution >= 4 is 11.7 Å². The quantitative estimate of drug-likeness (QED) is 0.917. The molecule has 1 saturated heterocycles. The van der Waals surface area contributed by atoms with Crippen LogP contribution in [-0.4, -0.2) is 48.6 Å². The lowest BCUT2D eigenvalue weighted by Gasteiger charge is -2.34. The normalized spacial score (nSPS) is 16.2. The van der Waals surface area contributed by atoms with Gasteiger partial charge in [0.05, 0.1) is 0 Å². The second-order valence-electron chi connectivity index (χ2n) is 5.31. The van der Waals surface area contributed by atoms with Gasteiger partial charge in [-0.2, -0.15) is 0 Å². The van der Waals surface area contributed by atoms with E-state index in [1.54, 1.807) is 0 Å². The van der Waals surface area contributed by atoms with Gasteiger partial charge in [0.2, 0.25) is 0 Å². The Bertz CT molecular complexity index is 422. The molecular formula is C16H25N3O.